The lowest BCUT2D eigenvalue weighted by Crippen LogP contribution is -2.19. The fourth-order valence-corrected chi connectivity index (χ4v) is 5.35. The van der Waals surface area contributed by atoms with E-state index in [1.165, 1.54) is 6.21 Å². The first-order valence-electron chi connectivity index (χ1n) is 14.2. The minimum Gasteiger partial charge on any atom is -0.497 e. The maximum absolute atomic E-state index is 13.6. The van der Waals surface area contributed by atoms with E-state index in [9.17, 15) is 9.59 Å². The summed E-state index contributed by atoms with van der Waals surface area (Å²) in [7, 11) is 1.56. The molecule has 1 amide bonds. The predicted octanol–water partition coefficient (Wildman–Crippen LogP) is 8.03. The van der Waals surface area contributed by atoms with Crippen LogP contribution in [0.4, 0.5) is 0 Å². The van der Waals surface area contributed by atoms with Crippen LogP contribution in [0, 0.1) is 0 Å². The van der Waals surface area contributed by atoms with Crippen molar-refractivity contribution < 1.29 is 23.8 Å². The van der Waals surface area contributed by atoms with Crippen LogP contribution in [0.15, 0.2) is 108 Å². The Morgan fingerprint density at radius 2 is 1.67 bits per heavy atom. The topological polar surface area (TPSA) is 102 Å². The van der Waals surface area contributed by atoms with E-state index in [1.54, 1.807) is 55.6 Å². The lowest BCUT2D eigenvalue weighted by Gasteiger charge is -2.11. The average molecular weight is 618 g/mol. The molecule has 0 aliphatic rings. The van der Waals surface area contributed by atoms with Gasteiger partial charge in [0, 0.05) is 26.9 Å². The van der Waals surface area contributed by atoms with E-state index in [-0.39, 0.29) is 5.75 Å². The molecule has 0 saturated heterocycles. The molecule has 224 valence electrons. The zero-order valence-electron chi connectivity index (χ0n) is 24.5. The number of esters is 1. The number of amides is 1. The molecule has 6 aromatic rings. The van der Waals surface area contributed by atoms with Gasteiger partial charge in [0.2, 0.25) is 0 Å². The van der Waals surface area contributed by atoms with E-state index in [4.69, 9.17) is 25.8 Å². The molecule has 8 nitrogen and oxygen atoms in total. The molecule has 45 heavy (non-hydrogen) atoms. The van der Waals surface area contributed by atoms with E-state index >= 15 is 0 Å². The Kier molecular flexibility index (Phi) is 8.48. The lowest BCUT2D eigenvalue weighted by molar-refractivity contribution is 0.0728. The third kappa shape index (κ3) is 6.09. The number of benzene rings is 5. The van der Waals surface area contributed by atoms with Gasteiger partial charge < -0.3 is 19.2 Å². The number of carbonyl (C=O) groups excluding carboxylic acids is 2. The van der Waals surface area contributed by atoms with Crippen molar-refractivity contribution in [3.05, 3.63) is 125 Å². The van der Waals surface area contributed by atoms with Gasteiger partial charge in [0.25, 0.3) is 5.91 Å². The quantitative estimate of drug-likeness (QED) is 0.0740. The molecule has 2 N–H and O–H groups in total. The first-order valence-corrected chi connectivity index (χ1v) is 14.6. The molecule has 0 saturated carbocycles. The van der Waals surface area contributed by atoms with Gasteiger partial charge in [-0.3, -0.25) is 4.79 Å². The van der Waals surface area contributed by atoms with Gasteiger partial charge in [0.05, 0.1) is 31.0 Å². The number of rotatable bonds is 9. The minimum atomic E-state index is -0.535. The first-order chi connectivity index (χ1) is 22.0. The minimum absolute atomic E-state index is 0.258. The number of nitrogens with one attached hydrogen (secondary N) is 2. The highest BCUT2D eigenvalue weighted by molar-refractivity contribution is 6.34. The molecule has 0 aliphatic heterocycles. The number of H-pyrrole nitrogens is 1. The van der Waals surface area contributed by atoms with Crippen LogP contribution in [0.1, 0.15) is 33.3 Å². The van der Waals surface area contributed by atoms with Gasteiger partial charge in [-0.05, 0) is 66.4 Å². The van der Waals surface area contributed by atoms with Crippen LogP contribution < -0.4 is 19.6 Å². The number of fused-ring (bicyclic) bond motifs is 3. The van der Waals surface area contributed by atoms with Gasteiger partial charge in [-0.25, -0.2) is 10.2 Å². The highest BCUT2D eigenvalue weighted by atomic mass is 35.5. The van der Waals surface area contributed by atoms with Crippen molar-refractivity contribution >= 4 is 51.4 Å². The Balaban J connectivity index is 1.26. The second-order valence-electron chi connectivity index (χ2n) is 10.0. The van der Waals surface area contributed by atoms with Crippen molar-refractivity contribution in [1.82, 2.24) is 10.4 Å². The van der Waals surface area contributed by atoms with Gasteiger partial charge in [0.1, 0.15) is 11.4 Å². The molecule has 1 aromatic heterocycles. The molecular weight excluding hydrogens is 590 g/mol. The number of hydrogen-bond acceptors (Lipinski definition) is 6. The summed E-state index contributed by atoms with van der Waals surface area (Å²) in [4.78, 5) is 29.6. The summed E-state index contributed by atoms with van der Waals surface area (Å²) in [6, 6.07) is 31.0. The number of hydrogen-bond donors (Lipinski definition) is 2. The molecule has 0 unspecified atom stereocenters. The highest BCUT2D eigenvalue weighted by Crippen LogP contribution is 2.39. The largest absolute Gasteiger partial charge is 0.497 e. The second-order valence-corrected chi connectivity index (χ2v) is 10.4. The molecule has 0 radical (unpaired) electrons. The lowest BCUT2D eigenvalue weighted by atomic mass is 9.99. The molecule has 0 aliphatic carbocycles. The maximum Gasteiger partial charge on any atom is 0.343 e. The molecule has 0 spiro atoms. The summed E-state index contributed by atoms with van der Waals surface area (Å²) in [5.41, 5.74) is 6.22. The van der Waals surface area contributed by atoms with E-state index < -0.39 is 11.9 Å². The fraction of sp³-hybridized carbons (Fsp3) is 0.0833. The summed E-state index contributed by atoms with van der Waals surface area (Å²) in [6.07, 6.45) is 1.49. The summed E-state index contributed by atoms with van der Waals surface area (Å²) in [6.45, 7) is 2.18. The molecule has 0 atom stereocenters. The Morgan fingerprint density at radius 1 is 0.889 bits per heavy atom. The monoisotopic (exact) mass is 617 g/mol. The number of hydrazone groups is 1. The molecule has 9 heteroatoms. The number of aromatic amines is 1. The van der Waals surface area contributed by atoms with E-state index in [0.29, 0.717) is 45.5 Å². The predicted molar refractivity (Wildman–Crippen MR) is 177 cm³/mol. The third-order valence-corrected chi connectivity index (χ3v) is 7.57. The maximum atomic E-state index is 13.6. The van der Waals surface area contributed by atoms with Gasteiger partial charge >= 0.3 is 5.97 Å². The van der Waals surface area contributed by atoms with Crippen molar-refractivity contribution in [1.29, 1.82) is 0 Å². The SMILES string of the molecule is CCOc1cc(C=NNC(=O)c2[nH]c3c(ccc4ccccc43)c2-c2ccccc2Cl)ccc1OC(=O)c1ccc(OC)cc1. The summed E-state index contributed by atoms with van der Waals surface area (Å²) in [5.74, 6) is 0.284. The van der Waals surface area contributed by atoms with Gasteiger partial charge in [0.15, 0.2) is 11.5 Å². The van der Waals surface area contributed by atoms with E-state index in [1.807, 2.05) is 61.5 Å². The number of halogens is 1. The number of nitrogens with zero attached hydrogens (tertiary/aromatic N) is 1. The number of aromatic nitrogens is 1. The molecule has 1 heterocycles. The highest BCUT2D eigenvalue weighted by Gasteiger charge is 2.22. The summed E-state index contributed by atoms with van der Waals surface area (Å²) < 4.78 is 16.5. The van der Waals surface area contributed by atoms with Crippen molar-refractivity contribution in [3.8, 4) is 28.4 Å². The standard InChI is InChI=1S/C36H28ClN3O5/c1-3-44-31-20-22(12-19-30(31)45-36(42)24-13-16-25(43-2)17-14-24)21-38-40-35(41)34-32(27-10-6-7-11-29(27)37)28-18-15-23-8-4-5-9-26(23)33(28)39-34/h4-21,39H,3H2,1-2H3,(H,40,41). The average Bonchev–Trinajstić information content (AvgIpc) is 3.46. The molecule has 6 rings (SSSR count). The number of carbonyl (C=O) groups is 2. The Hall–Kier alpha value is -5.60. The van der Waals surface area contributed by atoms with Crippen LogP contribution in [-0.4, -0.2) is 36.8 Å². The Labute approximate surface area is 264 Å². The second kappa shape index (κ2) is 13.0. The Morgan fingerprint density at radius 3 is 2.44 bits per heavy atom. The Bertz CT molecular complexity index is 2070. The van der Waals surface area contributed by atoms with Gasteiger partial charge in [-0.2, -0.15) is 5.10 Å². The normalized spacial score (nSPS) is 11.2. The molecule has 0 bridgehead atoms. The van der Waals surface area contributed by atoms with Crippen molar-refractivity contribution in [2.45, 2.75) is 6.92 Å². The van der Waals surface area contributed by atoms with E-state index in [2.05, 4.69) is 15.5 Å². The summed E-state index contributed by atoms with van der Waals surface area (Å²) >= 11 is 6.60. The van der Waals surface area contributed by atoms with Crippen LogP contribution >= 0.6 is 11.6 Å². The van der Waals surface area contributed by atoms with Crippen molar-refractivity contribution in [2.24, 2.45) is 5.10 Å². The first kappa shape index (κ1) is 29.5. The van der Waals surface area contributed by atoms with Crippen LogP contribution in [0.2, 0.25) is 5.02 Å². The molecule has 5 aromatic carbocycles. The van der Waals surface area contributed by atoms with E-state index in [0.717, 1.165) is 27.2 Å². The fourth-order valence-electron chi connectivity index (χ4n) is 5.12. The van der Waals surface area contributed by atoms with Gasteiger partial charge in [-0.1, -0.05) is 66.2 Å². The van der Waals surface area contributed by atoms with Crippen LogP contribution in [0.5, 0.6) is 17.2 Å². The zero-order chi connectivity index (χ0) is 31.3. The van der Waals surface area contributed by atoms with Crippen molar-refractivity contribution in [2.75, 3.05) is 13.7 Å². The van der Waals surface area contributed by atoms with Crippen LogP contribution in [0.25, 0.3) is 32.8 Å². The molecular formula is C36H28ClN3O5. The smallest absolute Gasteiger partial charge is 0.343 e. The summed E-state index contributed by atoms with van der Waals surface area (Å²) in [5, 5.41) is 7.65. The van der Waals surface area contributed by atoms with Crippen LogP contribution in [-0.2, 0) is 0 Å². The van der Waals surface area contributed by atoms with Gasteiger partial charge in [-0.15, -0.1) is 0 Å². The van der Waals surface area contributed by atoms with Crippen LogP contribution in [0.3, 0.4) is 0 Å². The molecule has 0 fully saturated rings. The third-order valence-electron chi connectivity index (χ3n) is 7.24. The number of methoxy groups -OCH3 is 1. The zero-order valence-corrected chi connectivity index (χ0v) is 25.2. The van der Waals surface area contributed by atoms with Crippen molar-refractivity contribution in [3.63, 3.8) is 0 Å². The number of ether oxygens (including phenoxy) is 3.